The predicted octanol–water partition coefficient (Wildman–Crippen LogP) is 2.30. The molecular formula is C16H25Cl2N3O. The van der Waals surface area contributed by atoms with Crippen molar-refractivity contribution in [3.8, 4) is 0 Å². The number of carbonyl (C=O) groups is 1. The van der Waals surface area contributed by atoms with Crippen LogP contribution in [-0.2, 0) is 6.54 Å². The van der Waals surface area contributed by atoms with Crippen molar-refractivity contribution in [1.82, 2.24) is 9.80 Å². The van der Waals surface area contributed by atoms with Crippen molar-refractivity contribution in [2.45, 2.75) is 31.8 Å². The highest BCUT2D eigenvalue weighted by molar-refractivity contribution is 5.94. The third kappa shape index (κ3) is 4.59. The molecule has 2 aliphatic rings. The zero-order chi connectivity index (χ0) is 13.9. The van der Waals surface area contributed by atoms with Gasteiger partial charge in [-0.05, 0) is 50.0 Å². The second kappa shape index (κ2) is 8.73. The van der Waals surface area contributed by atoms with Crippen LogP contribution in [0.2, 0.25) is 0 Å². The maximum Gasteiger partial charge on any atom is 0.253 e. The number of nitrogens with zero attached hydrogens (tertiary/aromatic N) is 2. The molecule has 0 aliphatic carbocycles. The third-order valence-corrected chi connectivity index (χ3v) is 4.29. The van der Waals surface area contributed by atoms with Crippen molar-refractivity contribution in [3.05, 3.63) is 35.4 Å². The van der Waals surface area contributed by atoms with Gasteiger partial charge >= 0.3 is 0 Å². The molecule has 0 unspecified atom stereocenters. The Morgan fingerprint density at radius 1 is 1.18 bits per heavy atom. The summed E-state index contributed by atoms with van der Waals surface area (Å²) in [5.41, 5.74) is 7.92. The van der Waals surface area contributed by atoms with Crippen LogP contribution in [0, 0.1) is 0 Å². The van der Waals surface area contributed by atoms with E-state index in [4.69, 9.17) is 5.73 Å². The fraction of sp³-hybridized carbons (Fsp3) is 0.562. The van der Waals surface area contributed by atoms with Gasteiger partial charge in [-0.15, -0.1) is 24.8 Å². The van der Waals surface area contributed by atoms with Gasteiger partial charge in [0.2, 0.25) is 0 Å². The first-order chi connectivity index (χ1) is 9.72. The zero-order valence-corrected chi connectivity index (χ0v) is 14.4. The summed E-state index contributed by atoms with van der Waals surface area (Å²) >= 11 is 0. The van der Waals surface area contributed by atoms with E-state index in [1.165, 1.54) is 31.5 Å². The van der Waals surface area contributed by atoms with Gasteiger partial charge in [0.05, 0.1) is 0 Å². The highest BCUT2D eigenvalue weighted by Gasteiger charge is 2.24. The van der Waals surface area contributed by atoms with E-state index in [0.717, 1.165) is 25.1 Å². The molecule has 0 aromatic heterocycles. The number of amides is 1. The second-order valence-electron chi connectivity index (χ2n) is 5.98. The number of hydrogen-bond donors (Lipinski definition) is 1. The molecule has 6 heteroatoms. The molecule has 2 fully saturated rings. The SMILES string of the molecule is Cl.Cl.N[C@@H]1CCN(C(=O)c2cccc(CN3CCCC3)c2)C1. The van der Waals surface area contributed by atoms with Crippen LogP contribution in [0.3, 0.4) is 0 Å². The number of rotatable bonds is 3. The highest BCUT2D eigenvalue weighted by atomic mass is 35.5. The second-order valence-corrected chi connectivity index (χ2v) is 5.98. The topological polar surface area (TPSA) is 49.6 Å². The van der Waals surface area contributed by atoms with E-state index in [9.17, 15) is 4.79 Å². The summed E-state index contributed by atoms with van der Waals surface area (Å²) in [5.74, 6) is 0.126. The van der Waals surface area contributed by atoms with Crippen molar-refractivity contribution < 1.29 is 4.79 Å². The van der Waals surface area contributed by atoms with E-state index in [0.29, 0.717) is 6.54 Å². The van der Waals surface area contributed by atoms with E-state index >= 15 is 0 Å². The smallest absolute Gasteiger partial charge is 0.253 e. The Balaban J connectivity index is 0.00000121. The number of likely N-dealkylation sites (tertiary alicyclic amines) is 2. The van der Waals surface area contributed by atoms with Crippen LogP contribution in [0.25, 0.3) is 0 Å². The molecule has 2 saturated heterocycles. The van der Waals surface area contributed by atoms with E-state index in [-0.39, 0.29) is 36.8 Å². The summed E-state index contributed by atoms with van der Waals surface area (Å²) in [6.45, 7) is 4.80. The van der Waals surface area contributed by atoms with Gasteiger partial charge in [0.1, 0.15) is 0 Å². The van der Waals surface area contributed by atoms with Crippen molar-refractivity contribution in [2.75, 3.05) is 26.2 Å². The number of halogens is 2. The first-order valence-electron chi connectivity index (χ1n) is 7.58. The van der Waals surface area contributed by atoms with E-state index in [1.807, 2.05) is 23.1 Å². The lowest BCUT2D eigenvalue weighted by molar-refractivity contribution is 0.0790. The summed E-state index contributed by atoms with van der Waals surface area (Å²) in [5, 5.41) is 0. The fourth-order valence-corrected chi connectivity index (χ4v) is 3.16. The van der Waals surface area contributed by atoms with Gasteiger partial charge < -0.3 is 10.6 Å². The molecule has 124 valence electrons. The Labute approximate surface area is 144 Å². The van der Waals surface area contributed by atoms with Gasteiger partial charge in [0, 0.05) is 31.2 Å². The maximum atomic E-state index is 12.4. The molecule has 0 saturated carbocycles. The fourth-order valence-electron chi connectivity index (χ4n) is 3.16. The Hall–Kier alpha value is -0.810. The van der Waals surface area contributed by atoms with Crippen molar-refractivity contribution in [1.29, 1.82) is 0 Å². The molecule has 1 amide bonds. The molecule has 2 heterocycles. The molecule has 1 atom stereocenters. The van der Waals surface area contributed by atoms with E-state index < -0.39 is 0 Å². The van der Waals surface area contributed by atoms with Crippen LogP contribution in [-0.4, -0.2) is 47.9 Å². The molecule has 0 radical (unpaired) electrons. The van der Waals surface area contributed by atoms with Crippen LogP contribution < -0.4 is 5.73 Å². The predicted molar refractivity (Wildman–Crippen MR) is 93.9 cm³/mol. The largest absolute Gasteiger partial charge is 0.337 e. The minimum absolute atomic E-state index is 0. The molecule has 22 heavy (non-hydrogen) atoms. The quantitative estimate of drug-likeness (QED) is 0.914. The van der Waals surface area contributed by atoms with E-state index in [1.54, 1.807) is 0 Å². The van der Waals surface area contributed by atoms with Gasteiger partial charge in [0.15, 0.2) is 0 Å². The summed E-state index contributed by atoms with van der Waals surface area (Å²) in [4.78, 5) is 16.8. The summed E-state index contributed by atoms with van der Waals surface area (Å²) in [6, 6.07) is 8.22. The van der Waals surface area contributed by atoms with Crippen molar-refractivity contribution in [2.24, 2.45) is 5.73 Å². The van der Waals surface area contributed by atoms with Crippen LogP contribution in [0.4, 0.5) is 0 Å². The van der Waals surface area contributed by atoms with Crippen LogP contribution in [0.15, 0.2) is 24.3 Å². The van der Waals surface area contributed by atoms with Gasteiger partial charge in [-0.3, -0.25) is 9.69 Å². The average Bonchev–Trinajstić information content (AvgIpc) is 3.10. The van der Waals surface area contributed by atoms with Gasteiger partial charge in [-0.1, -0.05) is 12.1 Å². The summed E-state index contributed by atoms with van der Waals surface area (Å²) < 4.78 is 0. The zero-order valence-electron chi connectivity index (χ0n) is 12.7. The molecule has 1 aromatic carbocycles. The van der Waals surface area contributed by atoms with Gasteiger partial charge in [-0.2, -0.15) is 0 Å². The summed E-state index contributed by atoms with van der Waals surface area (Å²) in [7, 11) is 0. The molecule has 4 nitrogen and oxygen atoms in total. The van der Waals surface area contributed by atoms with Crippen LogP contribution in [0.5, 0.6) is 0 Å². The molecule has 0 bridgehead atoms. The minimum Gasteiger partial charge on any atom is -0.337 e. The summed E-state index contributed by atoms with van der Waals surface area (Å²) in [6.07, 6.45) is 3.51. The lowest BCUT2D eigenvalue weighted by Gasteiger charge is -2.18. The van der Waals surface area contributed by atoms with Crippen molar-refractivity contribution in [3.63, 3.8) is 0 Å². The first kappa shape index (κ1) is 19.2. The Kier molecular flexibility index (Phi) is 7.63. The lowest BCUT2D eigenvalue weighted by atomic mass is 10.1. The standard InChI is InChI=1S/C16H23N3O.2ClH/c17-15-6-9-19(12-15)16(20)14-5-3-4-13(10-14)11-18-7-1-2-8-18;;/h3-5,10,15H,1-2,6-9,11-12,17H2;2*1H/t15-;;/m1../s1. The molecule has 2 N–H and O–H groups in total. The minimum atomic E-state index is 0. The van der Waals surface area contributed by atoms with Gasteiger partial charge in [0.25, 0.3) is 5.91 Å². The Morgan fingerprint density at radius 2 is 1.91 bits per heavy atom. The van der Waals surface area contributed by atoms with Gasteiger partial charge in [-0.25, -0.2) is 0 Å². The molecular weight excluding hydrogens is 321 g/mol. The number of benzene rings is 1. The van der Waals surface area contributed by atoms with Crippen LogP contribution >= 0.6 is 24.8 Å². The molecule has 2 aliphatic heterocycles. The Bertz CT molecular complexity index is 492. The molecule has 3 rings (SSSR count). The number of carbonyl (C=O) groups excluding carboxylic acids is 1. The first-order valence-corrected chi connectivity index (χ1v) is 7.58. The third-order valence-electron chi connectivity index (χ3n) is 4.29. The monoisotopic (exact) mass is 345 g/mol. The van der Waals surface area contributed by atoms with Crippen molar-refractivity contribution >= 4 is 30.7 Å². The molecule has 1 aromatic rings. The normalized spacial score (nSPS) is 21.3. The molecule has 0 spiro atoms. The van der Waals surface area contributed by atoms with E-state index in [2.05, 4.69) is 11.0 Å². The Morgan fingerprint density at radius 3 is 2.55 bits per heavy atom. The van der Waals surface area contributed by atoms with Crippen LogP contribution in [0.1, 0.15) is 35.2 Å². The lowest BCUT2D eigenvalue weighted by Crippen LogP contribution is -2.32. The number of nitrogens with two attached hydrogens (primary N) is 1. The number of hydrogen-bond acceptors (Lipinski definition) is 3. The maximum absolute atomic E-state index is 12.4. The average molecular weight is 346 g/mol. The highest BCUT2D eigenvalue weighted by Crippen LogP contribution is 2.16.